The molecule has 0 aliphatic heterocycles. The predicted octanol–water partition coefficient (Wildman–Crippen LogP) is 2.89. The number of nitrogens with two attached hydrogens (primary N) is 1. The van der Waals surface area contributed by atoms with Crippen molar-refractivity contribution in [1.29, 1.82) is 0 Å². The molecule has 0 radical (unpaired) electrons. The Labute approximate surface area is 100 Å². The highest BCUT2D eigenvalue weighted by Crippen LogP contribution is 2.23. The van der Waals surface area contributed by atoms with Crippen LogP contribution in [0.5, 0.6) is 0 Å². The molecule has 0 saturated heterocycles. The van der Waals surface area contributed by atoms with E-state index in [1.807, 2.05) is 32.0 Å². The van der Waals surface area contributed by atoms with Gasteiger partial charge in [-0.3, -0.25) is 4.98 Å². The molecule has 1 unspecified atom stereocenters. The lowest BCUT2D eigenvalue weighted by Crippen LogP contribution is -2.14. The fourth-order valence-corrected chi connectivity index (χ4v) is 1.78. The van der Waals surface area contributed by atoms with E-state index >= 15 is 0 Å². The van der Waals surface area contributed by atoms with Gasteiger partial charge in [-0.05, 0) is 36.6 Å². The summed E-state index contributed by atoms with van der Waals surface area (Å²) < 4.78 is 13.6. The second kappa shape index (κ2) is 4.63. The third kappa shape index (κ3) is 2.34. The number of nitrogens with zero attached hydrogens (tertiary/aromatic N) is 1. The van der Waals surface area contributed by atoms with E-state index in [0.29, 0.717) is 5.56 Å². The Morgan fingerprint density at radius 3 is 2.59 bits per heavy atom. The zero-order chi connectivity index (χ0) is 12.4. The van der Waals surface area contributed by atoms with E-state index in [1.54, 1.807) is 12.3 Å². The SMILES string of the molecule is Cc1ccc(C(N)c2ccncc2F)cc1C. The van der Waals surface area contributed by atoms with Crippen LogP contribution in [-0.4, -0.2) is 4.98 Å². The average Bonchev–Trinajstić information content (AvgIpc) is 2.32. The molecule has 3 heteroatoms. The van der Waals surface area contributed by atoms with E-state index in [2.05, 4.69) is 4.98 Å². The minimum atomic E-state index is -0.447. The molecule has 1 aromatic heterocycles. The third-order valence-corrected chi connectivity index (χ3v) is 3.03. The molecule has 17 heavy (non-hydrogen) atoms. The summed E-state index contributed by atoms with van der Waals surface area (Å²) in [7, 11) is 0. The van der Waals surface area contributed by atoms with Gasteiger partial charge in [-0.15, -0.1) is 0 Å². The Morgan fingerprint density at radius 2 is 1.94 bits per heavy atom. The maximum Gasteiger partial charge on any atom is 0.146 e. The molecule has 2 aromatic rings. The first-order valence-corrected chi connectivity index (χ1v) is 5.51. The molecular formula is C14H15FN2. The first-order chi connectivity index (χ1) is 8.09. The summed E-state index contributed by atoms with van der Waals surface area (Å²) in [5.41, 5.74) is 9.82. The van der Waals surface area contributed by atoms with Gasteiger partial charge in [0.1, 0.15) is 5.82 Å². The number of aromatic nitrogens is 1. The summed E-state index contributed by atoms with van der Waals surface area (Å²) in [5, 5.41) is 0. The number of benzene rings is 1. The van der Waals surface area contributed by atoms with Crippen molar-refractivity contribution in [3.63, 3.8) is 0 Å². The van der Waals surface area contributed by atoms with Crippen molar-refractivity contribution in [3.8, 4) is 0 Å². The van der Waals surface area contributed by atoms with Crippen LogP contribution in [0.15, 0.2) is 36.7 Å². The van der Waals surface area contributed by atoms with E-state index < -0.39 is 6.04 Å². The van der Waals surface area contributed by atoms with Crippen molar-refractivity contribution in [2.45, 2.75) is 19.9 Å². The zero-order valence-corrected chi connectivity index (χ0v) is 9.94. The fourth-order valence-electron chi connectivity index (χ4n) is 1.78. The average molecular weight is 230 g/mol. The fraction of sp³-hybridized carbons (Fsp3) is 0.214. The van der Waals surface area contributed by atoms with Gasteiger partial charge < -0.3 is 5.73 Å². The minimum Gasteiger partial charge on any atom is -0.320 e. The molecule has 0 fully saturated rings. The monoisotopic (exact) mass is 230 g/mol. The first kappa shape index (κ1) is 11.7. The van der Waals surface area contributed by atoms with Gasteiger partial charge in [0.2, 0.25) is 0 Å². The van der Waals surface area contributed by atoms with Crippen LogP contribution >= 0.6 is 0 Å². The van der Waals surface area contributed by atoms with Crippen molar-refractivity contribution in [2.75, 3.05) is 0 Å². The third-order valence-electron chi connectivity index (χ3n) is 3.03. The second-order valence-electron chi connectivity index (χ2n) is 4.22. The maximum atomic E-state index is 13.6. The number of rotatable bonds is 2. The smallest absolute Gasteiger partial charge is 0.146 e. The summed E-state index contributed by atoms with van der Waals surface area (Å²) in [5.74, 6) is -0.363. The lowest BCUT2D eigenvalue weighted by Gasteiger charge is -2.14. The highest BCUT2D eigenvalue weighted by molar-refractivity contribution is 5.36. The number of aryl methyl sites for hydroxylation is 2. The van der Waals surface area contributed by atoms with E-state index in [-0.39, 0.29) is 5.82 Å². The Kier molecular flexibility index (Phi) is 3.20. The van der Waals surface area contributed by atoms with Crippen molar-refractivity contribution < 1.29 is 4.39 Å². The highest BCUT2D eigenvalue weighted by Gasteiger charge is 2.13. The van der Waals surface area contributed by atoms with Gasteiger partial charge >= 0.3 is 0 Å². The Bertz CT molecular complexity index is 537. The normalized spacial score (nSPS) is 12.5. The standard InChI is InChI=1S/C14H15FN2/c1-9-3-4-11(7-10(9)2)14(16)12-5-6-17-8-13(12)15/h3-8,14H,16H2,1-2H3. The first-order valence-electron chi connectivity index (χ1n) is 5.51. The van der Waals surface area contributed by atoms with Gasteiger partial charge in [0, 0.05) is 11.8 Å². The number of halogens is 1. The van der Waals surface area contributed by atoms with Crippen LogP contribution in [-0.2, 0) is 0 Å². The molecule has 2 rings (SSSR count). The van der Waals surface area contributed by atoms with Crippen LogP contribution in [0, 0.1) is 19.7 Å². The van der Waals surface area contributed by atoms with Gasteiger partial charge in [0.15, 0.2) is 0 Å². The number of pyridine rings is 1. The van der Waals surface area contributed by atoms with Crippen molar-refractivity contribution in [1.82, 2.24) is 4.98 Å². The predicted molar refractivity (Wildman–Crippen MR) is 66.1 cm³/mol. The van der Waals surface area contributed by atoms with Crippen LogP contribution < -0.4 is 5.73 Å². The second-order valence-corrected chi connectivity index (χ2v) is 4.22. The van der Waals surface area contributed by atoms with Gasteiger partial charge in [0.25, 0.3) is 0 Å². The minimum absolute atomic E-state index is 0.363. The summed E-state index contributed by atoms with van der Waals surface area (Å²) >= 11 is 0. The van der Waals surface area contributed by atoms with E-state index in [1.165, 1.54) is 11.8 Å². The van der Waals surface area contributed by atoms with Crippen LogP contribution in [0.4, 0.5) is 4.39 Å². The lowest BCUT2D eigenvalue weighted by atomic mass is 9.97. The highest BCUT2D eigenvalue weighted by atomic mass is 19.1. The lowest BCUT2D eigenvalue weighted by molar-refractivity contribution is 0.593. The molecule has 1 aromatic carbocycles. The Balaban J connectivity index is 2.40. The van der Waals surface area contributed by atoms with E-state index in [0.717, 1.165) is 11.1 Å². The molecular weight excluding hydrogens is 215 g/mol. The molecule has 0 aliphatic carbocycles. The van der Waals surface area contributed by atoms with Crippen molar-refractivity contribution >= 4 is 0 Å². The van der Waals surface area contributed by atoms with Crippen LogP contribution in [0.2, 0.25) is 0 Å². The molecule has 1 heterocycles. The number of hydrogen-bond acceptors (Lipinski definition) is 2. The molecule has 0 aliphatic rings. The van der Waals surface area contributed by atoms with Crippen molar-refractivity contribution in [3.05, 3.63) is 64.7 Å². The Hall–Kier alpha value is -1.74. The summed E-state index contributed by atoms with van der Waals surface area (Å²) in [6.45, 7) is 4.06. The van der Waals surface area contributed by atoms with Gasteiger partial charge in [0.05, 0.1) is 12.2 Å². The Morgan fingerprint density at radius 1 is 1.18 bits per heavy atom. The molecule has 0 spiro atoms. The summed E-state index contributed by atoms with van der Waals surface area (Å²) in [4.78, 5) is 3.72. The van der Waals surface area contributed by atoms with Crippen LogP contribution in [0.25, 0.3) is 0 Å². The van der Waals surface area contributed by atoms with Gasteiger partial charge in [-0.2, -0.15) is 0 Å². The molecule has 2 nitrogen and oxygen atoms in total. The summed E-state index contributed by atoms with van der Waals surface area (Å²) in [6, 6.07) is 7.11. The van der Waals surface area contributed by atoms with E-state index in [9.17, 15) is 4.39 Å². The van der Waals surface area contributed by atoms with Crippen molar-refractivity contribution in [2.24, 2.45) is 5.73 Å². The van der Waals surface area contributed by atoms with Crippen LogP contribution in [0.3, 0.4) is 0 Å². The molecule has 2 N–H and O–H groups in total. The molecule has 0 saturated carbocycles. The number of hydrogen-bond donors (Lipinski definition) is 1. The van der Waals surface area contributed by atoms with Gasteiger partial charge in [-0.1, -0.05) is 18.2 Å². The molecule has 0 bridgehead atoms. The zero-order valence-electron chi connectivity index (χ0n) is 9.94. The topological polar surface area (TPSA) is 38.9 Å². The molecule has 88 valence electrons. The molecule has 0 amide bonds. The maximum absolute atomic E-state index is 13.6. The summed E-state index contributed by atoms with van der Waals surface area (Å²) in [6.07, 6.45) is 2.75. The molecule has 1 atom stereocenters. The largest absolute Gasteiger partial charge is 0.320 e. The van der Waals surface area contributed by atoms with Gasteiger partial charge in [-0.25, -0.2) is 4.39 Å². The van der Waals surface area contributed by atoms with E-state index in [4.69, 9.17) is 5.73 Å². The van der Waals surface area contributed by atoms with Crippen LogP contribution in [0.1, 0.15) is 28.3 Å². The quantitative estimate of drug-likeness (QED) is 0.861.